The molecule has 8 heteroatoms. The van der Waals surface area contributed by atoms with E-state index in [-0.39, 0.29) is 12.5 Å². The second-order valence-electron chi connectivity index (χ2n) is 6.81. The molecule has 1 heterocycles. The predicted molar refractivity (Wildman–Crippen MR) is 98.0 cm³/mol. The topological polar surface area (TPSA) is 68.5 Å². The molecule has 1 fully saturated rings. The molecule has 1 aliphatic rings. The highest BCUT2D eigenvalue weighted by atomic mass is 19.4. The van der Waals surface area contributed by atoms with E-state index >= 15 is 0 Å². The Morgan fingerprint density at radius 3 is 2.46 bits per heavy atom. The second kappa shape index (κ2) is 8.18. The number of rotatable bonds is 7. The van der Waals surface area contributed by atoms with Crippen LogP contribution in [0.3, 0.4) is 0 Å². The number of nitrogens with two attached hydrogens (primary N) is 1. The maximum absolute atomic E-state index is 12.8. The van der Waals surface area contributed by atoms with Crippen LogP contribution in [0, 0.1) is 0 Å². The minimum absolute atomic E-state index is 0.158. The van der Waals surface area contributed by atoms with Gasteiger partial charge >= 0.3 is 6.18 Å². The molecular weight excluding hydrogens is 371 g/mol. The first-order chi connectivity index (χ1) is 13.3. The standard InChI is InChI=1S/C20H22F3N3O2/c1-26(10-11-28-16-7-4-14(5-8-16)20(21,22)23)19(27)17-9-6-15(12-24)25-18(17)13-2-3-13/h4-9,13H,2-3,10-12,24H2,1H3. The molecule has 2 N–H and O–H groups in total. The zero-order chi connectivity index (χ0) is 20.3. The monoisotopic (exact) mass is 393 g/mol. The summed E-state index contributed by atoms with van der Waals surface area (Å²) in [5, 5.41) is 0. The molecule has 2 aromatic rings. The van der Waals surface area contributed by atoms with Gasteiger partial charge in [0.1, 0.15) is 12.4 Å². The molecule has 0 aliphatic heterocycles. The van der Waals surface area contributed by atoms with Crippen LogP contribution >= 0.6 is 0 Å². The molecule has 1 aromatic carbocycles. The highest BCUT2D eigenvalue weighted by Crippen LogP contribution is 2.41. The number of halogens is 3. The van der Waals surface area contributed by atoms with Gasteiger partial charge in [-0.25, -0.2) is 0 Å². The predicted octanol–water partition coefficient (Wildman–Crippen LogP) is 3.59. The van der Waals surface area contributed by atoms with Crippen LogP contribution in [0.4, 0.5) is 13.2 Å². The lowest BCUT2D eigenvalue weighted by atomic mass is 10.1. The van der Waals surface area contributed by atoms with Gasteiger partial charge in [-0.15, -0.1) is 0 Å². The fraction of sp³-hybridized carbons (Fsp3) is 0.400. The van der Waals surface area contributed by atoms with E-state index < -0.39 is 11.7 Å². The van der Waals surface area contributed by atoms with Gasteiger partial charge in [0.15, 0.2) is 0 Å². The van der Waals surface area contributed by atoms with E-state index in [1.54, 1.807) is 19.2 Å². The van der Waals surface area contributed by atoms with Gasteiger partial charge < -0.3 is 15.4 Å². The van der Waals surface area contributed by atoms with Crippen LogP contribution in [-0.2, 0) is 12.7 Å². The maximum atomic E-state index is 12.8. The summed E-state index contributed by atoms with van der Waals surface area (Å²) in [7, 11) is 1.66. The minimum Gasteiger partial charge on any atom is -0.492 e. The quantitative estimate of drug-likeness (QED) is 0.781. The van der Waals surface area contributed by atoms with Crippen molar-refractivity contribution in [3.05, 3.63) is 58.9 Å². The van der Waals surface area contributed by atoms with E-state index in [9.17, 15) is 18.0 Å². The van der Waals surface area contributed by atoms with Crippen molar-refractivity contribution in [3.8, 4) is 5.75 Å². The Kier molecular flexibility index (Phi) is 5.88. The number of benzene rings is 1. The lowest BCUT2D eigenvalue weighted by Crippen LogP contribution is -2.31. The van der Waals surface area contributed by atoms with Crippen LogP contribution in [0.5, 0.6) is 5.75 Å². The molecule has 1 saturated carbocycles. The van der Waals surface area contributed by atoms with Crippen LogP contribution in [0.25, 0.3) is 0 Å². The van der Waals surface area contributed by atoms with Crippen LogP contribution in [0.2, 0.25) is 0 Å². The number of likely N-dealkylation sites (N-methyl/N-ethyl adjacent to an activating group) is 1. The van der Waals surface area contributed by atoms with Crippen molar-refractivity contribution in [2.45, 2.75) is 31.5 Å². The number of amides is 1. The molecule has 0 saturated heterocycles. The lowest BCUT2D eigenvalue weighted by Gasteiger charge is -2.19. The number of hydrogen-bond donors (Lipinski definition) is 1. The Balaban J connectivity index is 1.58. The summed E-state index contributed by atoms with van der Waals surface area (Å²) in [5.41, 5.74) is 7.03. The van der Waals surface area contributed by atoms with Crippen molar-refractivity contribution in [2.75, 3.05) is 20.2 Å². The van der Waals surface area contributed by atoms with Gasteiger partial charge in [0.25, 0.3) is 5.91 Å². The number of nitrogens with zero attached hydrogens (tertiary/aromatic N) is 2. The molecule has 0 unspecified atom stereocenters. The summed E-state index contributed by atoms with van der Waals surface area (Å²) < 4.78 is 43.2. The molecular formula is C20H22F3N3O2. The van der Waals surface area contributed by atoms with Crippen LogP contribution in [-0.4, -0.2) is 36.0 Å². The summed E-state index contributed by atoms with van der Waals surface area (Å²) in [5.74, 6) is 0.470. The van der Waals surface area contributed by atoms with Crippen molar-refractivity contribution in [1.82, 2.24) is 9.88 Å². The summed E-state index contributed by atoms with van der Waals surface area (Å²) in [4.78, 5) is 18.8. The largest absolute Gasteiger partial charge is 0.492 e. The minimum atomic E-state index is -4.38. The molecule has 0 radical (unpaired) electrons. The van der Waals surface area contributed by atoms with Gasteiger partial charge in [-0.3, -0.25) is 9.78 Å². The first-order valence-corrected chi connectivity index (χ1v) is 9.05. The normalized spacial score (nSPS) is 14.0. The van der Waals surface area contributed by atoms with E-state index in [4.69, 9.17) is 10.5 Å². The molecule has 3 rings (SSSR count). The Morgan fingerprint density at radius 1 is 1.21 bits per heavy atom. The van der Waals surface area contributed by atoms with Crippen LogP contribution in [0.1, 0.15) is 46.1 Å². The van der Waals surface area contributed by atoms with Gasteiger partial charge in [0.2, 0.25) is 0 Å². The average molecular weight is 393 g/mol. The number of pyridine rings is 1. The molecule has 150 valence electrons. The average Bonchev–Trinajstić information content (AvgIpc) is 3.51. The third-order valence-electron chi connectivity index (χ3n) is 4.61. The number of carbonyl (C=O) groups is 1. The van der Waals surface area contributed by atoms with Gasteiger partial charge in [0, 0.05) is 19.5 Å². The smallest absolute Gasteiger partial charge is 0.416 e. The summed E-state index contributed by atoms with van der Waals surface area (Å²) >= 11 is 0. The first-order valence-electron chi connectivity index (χ1n) is 9.05. The fourth-order valence-electron chi connectivity index (χ4n) is 2.83. The zero-order valence-electron chi connectivity index (χ0n) is 15.5. The third kappa shape index (κ3) is 4.81. The summed E-state index contributed by atoms with van der Waals surface area (Å²) in [6, 6.07) is 7.99. The molecule has 1 aromatic heterocycles. The number of alkyl halides is 3. The van der Waals surface area contributed by atoms with Gasteiger partial charge in [-0.2, -0.15) is 13.2 Å². The van der Waals surface area contributed by atoms with Gasteiger partial charge in [0.05, 0.1) is 29.1 Å². The number of aromatic nitrogens is 1. The van der Waals surface area contributed by atoms with Gasteiger partial charge in [-0.05, 0) is 49.2 Å². The van der Waals surface area contributed by atoms with E-state index in [1.807, 2.05) is 0 Å². The Bertz CT molecular complexity index is 834. The molecule has 0 bridgehead atoms. The van der Waals surface area contributed by atoms with Crippen molar-refractivity contribution >= 4 is 5.91 Å². The number of ether oxygens (including phenoxy) is 1. The Hall–Kier alpha value is -2.61. The van der Waals surface area contributed by atoms with Crippen molar-refractivity contribution in [3.63, 3.8) is 0 Å². The highest BCUT2D eigenvalue weighted by Gasteiger charge is 2.31. The van der Waals surface area contributed by atoms with Gasteiger partial charge in [-0.1, -0.05) is 0 Å². The summed E-state index contributed by atoms with van der Waals surface area (Å²) in [6.45, 7) is 0.786. The number of hydrogen-bond acceptors (Lipinski definition) is 4. The van der Waals surface area contributed by atoms with Crippen molar-refractivity contribution in [2.24, 2.45) is 5.73 Å². The van der Waals surface area contributed by atoms with E-state index in [1.165, 1.54) is 17.0 Å². The molecule has 1 amide bonds. The maximum Gasteiger partial charge on any atom is 0.416 e. The Labute approximate surface area is 161 Å². The third-order valence-corrected chi connectivity index (χ3v) is 4.61. The van der Waals surface area contributed by atoms with E-state index in [0.717, 1.165) is 36.4 Å². The SMILES string of the molecule is CN(CCOc1ccc(C(F)(F)F)cc1)C(=O)c1ccc(CN)nc1C1CC1. The second-order valence-corrected chi connectivity index (χ2v) is 6.81. The highest BCUT2D eigenvalue weighted by molar-refractivity contribution is 5.95. The number of carbonyl (C=O) groups excluding carboxylic acids is 1. The van der Waals surface area contributed by atoms with Crippen LogP contribution < -0.4 is 10.5 Å². The molecule has 1 aliphatic carbocycles. The van der Waals surface area contributed by atoms with E-state index in [2.05, 4.69) is 4.98 Å². The van der Waals surface area contributed by atoms with Crippen molar-refractivity contribution < 1.29 is 22.7 Å². The molecule has 0 atom stereocenters. The fourth-order valence-corrected chi connectivity index (χ4v) is 2.83. The molecule has 28 heavy (non-hydrogen) atoms. The molecule has 0 spiro atoms. The molecule has 5 nitrogen and oxygen atoms in total. The summed E-state index contributed by atoms with van der Waals surface area (Å²) in [6.07, 6.45) is -2.35. The van der Waals surface area contributed by atoms with E-state index in [0.29, 0.717) is 30.3 Å². The zero-order valence-corrected chi connectivity index (χ0v) is 15.5. The van der Waals surface area contributed by atoms with Crippen LogP contribution in [0.15, 0.2) is 36.4 Å². The lowest BCUT2D eigenvalue weighted by molar-refractivity contribution is -0.137. The van der Waals surface area contributed by atoms with Crippen molar-refractivity contribution in [1.29, 1.82) is 0 Å². The first kappa shape index (κ1) is 20.1. The Morgan fingerprint density at radius 2 is 1.89 bits per heavy atom.